The maximum absolute atomic E-state index is 3.55. The lowest BCUT2D eigenvalue weighted by atomic mass is 9.45. The average molecular weight is 256 g/mol. The second kappa shape index (κ2) is 4.42. The zero-order chi connectivity index (χ0) is 10.6. The highest BCUT2D eigenvalue weighted by Crippen LogP contribution is 2.63. The third-order valence-electron chi connectivity index (χ3n) is 6.29. The Labute approximate surface area is 112 Å². The molecule has 0 unspecified atom stereocenters. The van der Waals surface area contributed by atoms with Crippen LogP contribution in [0.4, 0.5) is 0 Å². The van der Waals surface area contributed by atoms with E-state index in [1.807, 2.05) is 0 Å². The molecule has 4 aliphatic carbocycles. The highest BCUT2D eigenvalue weighted by molar-refractivity contribution is 5.85. The molecular formula is C15H26ClN. The zero-order valence-electron chi connectivity index (χ0n) is 10.8. The van der Waals surface area contributed by atoms with Crippen LogP contribution in [0.15, 0.2) is 0 Å². The Morgan fingerprint density at radius 2 is 1.24 bits per heavy atom. The molecule has 1 saturated heterocycles. The lowest BCUT2D eigenvalue weighted by molar-refractivity contribution is -0.0933. The second-order valence-corrected chi connectivity index (χ2v) is 7.30. The van der Waals surface area contributed by atoms with E-state index >= 15 is 0 Å². The fraction of sp³-hybridized carbons (Fsp3) is 1.00. The Bertz CT molecular complexity index is 247. The van der Waals surface area contributed by atoms with Gasteiger partial charge in [0, 0.05) is 0 Å². The van der Waals surface area contributed by atoms with E-state index in [-0.39, 0.29) is 12.4 Å². The van der Waals surface area contributed by atoms with Gasteiger partial charge in [-0.2, -0.15) is 0 Å². The zero-order valence-corrected chi connectivity index (χ0v) is 11.6. The SMILES string of the molecule is C1CC(C23CC4CC(CC(C4)C2)C3)CCN1.Cl. The van der Waals surface area contributed by atoms with Crippen molar-refractivity contribution in [2.24, 2.45) is 29.1 Å². The molecule has 0 aromatic heterocycles. The predicted molar refractivity (Wildman–Crippen MR) is 73.4 cm³/mol. The number of rotatable bonds is 1. The summed E-state index contributed by atoms with van der Waals surface area (Å²) in [4.78, 5) is 0. The summed E-state index contributed by atoms with van der Waals surface area (Å²) in [5.74, 6) is 4.51. The summed E-state index contributed by atoms with van der Waals surface area (Å²) in [5.41, 5.74) is 0.830. The molecule has 1 nitrogen and oxygen atoms in total. The molecule has 0 aromatic rings. The van der Waals surface area contributed by atoms with Crippen molar-refractivity contribution in [2.45, 2.75) is 51.4 Å². The monoisotopic (exact) mass is 255 g/mol. The minimum atomic E-state index is 0. The first kappa shape index (κ1) is 12.3. The van der Waals surface area contributed by atoms with Gasteiger partial charge in [0.1, 0.15) is 0 Å². The molecule has 2 heteroatoms. The first-order valence-electron chi connectivity index (χ1n) is 7.55. The number of hydrogen-bond acceptors (Lipinski definition) is 1. The van der Waals surface area contributed by atoms with Crippen LogP contribution in [-0.2, 0) is 0 Å². The smallest absolute Gasteiger partial charge is 0.00461 e. The Morgan fingerprint density at radius 3 is 1.71 bits per heavy atom. The molecule has 0 atom stereocenters. The molecule has 5 fully saturated rings. The van der Waals surface area contributed by atoms with Crippen LogP contribution in [0.5, 0.6) is 0 Å². The van der Waals surface area contributed by atoms with Gasteiger partial charge in [-0.1, -0.05) is 0 Å². The van der Waals surface area contributed by atoms with E-state index in [0.29, 0.717) is 0 Å². The van der Waals surface area contributed by atoms with Crippen LogP contribution < -0.4 is 5.32 Å². The molecule has 1 aliphatic heterocycles. The molecule has 0 spiro atoms. The quantitative estimate of drug-likeness (QED) is 0.755. The van der Waals surface area contributed by atoms with Crippen LogP contribution in [0.25, 0.3) is 0 Å². The Kier molecular flexibility index (Phi) is 3.19. The van der Waals surface area contributed by atoms with E-state index in [1.165, 1.54) is 25.9 Å². The van der Waals surface area contributed by atoms with Crippen LogP contribution in [0, 0.1) is 29.1 Å². The van der Waals surface area contributed by atoms with Crippen LogP contribution in [0.3, 0.4) is 0 Å². The van der Waals surface area contributed by atoms with Crippen LogP contribution in [-0.4, -0.2) is 13.1 Å². The third-order valence-corrected chi connectivity index (χ3v) is 6.29. The van der Waals surface area contributed by atoms with Gasteiger partial charge < -0.3 is 5.32 Å². The van der Waals surface area contributed by atoms with Crippen LogP contribution >= 0.6 is 12.4 Å². The average Bonchev–Trinajstić information content (AvgIpc) is 2.28. The molecule has 1 heterocycles. The maximum atomic E-state index is 3.55. The fourth-order valence-corrected chi connectivity index (χ4v) is 6.11. The molecule has 5 aliphatic rings. The fourth-order valence-electron chi connectivity index (χ4n) is 6.11. The predicted octanol–water partition coefficient (Wildman–Crippen LogP) is 3.62. The molecule has 5 rings (SSSR count). The van der Waals surface area contributed by atoms with Gasteiger partial charge in [-0.15, -0.1) is 12.4 Å². The van der Waals surface area contributed by atoms with Gasteiger partial charge >= 0.3 is 0 Å². The largest absolute Gasteiger partial charge is 0.317 e. The van der Waals surface area contributed by atoms with Crippen molar-refractivity contribution >= 4 is 12.4 Å². The van der Waals surface area contributed by atoms with E-state index < -0.39 is 0 Å². The minimum Gasteiger partial charge on any atom is -0.317 e. The van der Waals surface area contributed by atoms with Gasteiger partial charge in [-0.3, -0.25) is 0 Å². The minimum absolute atomic E-state index is 0. The summed E-state index contributed by atoms with van der Waals surface area (Å²) >= 11 is 0. The van der Waals surface area contributed by atoms with Crippen molar-refractivity contribution in [3.8, 4) is 0 Å². The van der Waals surface area contributed by atoms with E-state index in [0.717, 1.165) is 29.1 Å². The van der Waals surface area contributed by atoms with E-state index in [2.05, 4.69) is 5.32 Å². The summed E-state index contributed by atoms with van der Waals surface area (Å²) in [7, 11) is 0. The van der Waals surface area contributed by atoms with Crippen molar-refractivity contribution in [3.05, 3.63) is 0 Å². The highest BCUT2D eigenvalue weighted by atomic mass is 35.5. The molecule has 0 aromatic carbocycles. The Hall–Kier alpha value is 0.250. The second-order valence-electron chi connectivity index (χ2n) is 7.30. The molecule has 0 amide bonds. The summed E-state index contributed by atoms with van der Waals surface area (Å²) in [6.07, 6.45) is 12.6. The summed E-state index contributed by atoms with van der Waals surface area (Å²) < 4.78 is 0. The van der Waals surface area contributed by atoms with Crippen molar-refractivity contribution in [3.63, 3.8) is 0 Å². The molecule has 0 radical (unpaired) electrons. The number of hydrogen-bond donors (Lipinski definition) is 1. The van der Waals surface area contributed by atoms with E-state index in [1.54, 1.807) is 38.5 Å². The van der Waals surface area contributed by atoms with Gasteiger partial charge in [0.2, 0.25) is 0 Å². The number of piperidine rings is 1. The lowest BCUT2D eigenvalue weighted by Gasteiger charge is -2.60. The van der Waals surface area contributed by atoms with Gasteiger partial charge in [-0.05, 0) is 93.5 Å². The highest BCUT2D eigenvalue weighted by Gasteiger charge is 2.53. The topological polar surface area (TPSA) is 12.0 Å². The summed E-state index contributed by atoms with van der Waals surface area (Å²) in [6, 6.07) is 0. The van der Waals surface area contributed by atoms with E-state index in [9.17, 15) is 0 Å². The molecule has 98 valence electrons. The van der Waals surface area contributed by atoms with Crippen LogP contribution in [0.1, 0.15) is 51.4 Å². The molecule has 17 heavy (non-hydrogen) atoms. The van der Waals surface area contributed by atoms with Crippen molar-refractivity contribution in [2.75, 3.05) is 13.1 Å². The van der Waals surface area contributed by atoms with E-state index in [4.69, 9.17) is 0 Å². The molecule has 1 N–H and O–H groups in total. The molecule has 4 bridgehead atoms. The maximum Gasteiger partial charge on any atom is -0.00461 e. The third kappa shape index (κ3) is 1.94. The van der Waals surface area contributed by atoms with Crippen molar-refractivity contribution < 1.29 is 0 Å². The normalized spacial score (nSPS) is 49.1. The number of halogens is 1. The Balaban J connectivity index is 0.000000902. The molecular weight excluding hydrogens is 230 g/mol. The first-order chi connectivity index (χ1) is 7.84. The summed E-state index contributed by atoms with van der Waals surface area (Å²) in [5, 5.41) is 3.55. The Morgan fingerprint density at radius 1 is 0.765 bits per heavy atom. The molecule has 4 saturated carbocycles. The lowest BCUT2D eigenvalue weighted by Crippen LogP contribution is -2.51. The van der Waals surface area contributed by atoms with Crippen LogP contribution in [0.2, 0.25) is 0 Å². The van der Waals surface area contributed by atoms with Gasteiger partial charge in [0.05, 0.1) is 0 Å². The standard InChI is InChI=1S/C15H25N.ClH/c1-3-16-4-2-14(1)15-8-11-5-12(9-15)7-13(6-11)10-15;/h11-14,16H,1-10H2;1H. The van der Waals surface area contributed by atoms with Gasteiger partial charge in [0.25, 0.3) is 0 Å². The number of nitrogens with one attached hydrogen (secondary N) is 1. The van der Waals surface area contributed by atoms with Crippen molar-refractivity contribution in [1.82, 2.24) is 5.32 Å². The van der Waals surface area contributed by atoms with Crippen molar-refractivity contribution in [1.29, 1.82) is 0 Å². The van der Waals surface area contributed by atoms with Gasteiger partial charge in [-0.25, -0.2) is 0 Å². The first-order valence-corrected chi connectivity index (χ1v) is 7.55. The van der Waals surface area contributed by atoms with Gasteiger partial charge in [0.15, 0.2) is 0 Å². The summed E-state index contributed by atoms with van der Waals surface area (Å²) in [6.45, 7) is 2.60.